The van der Waals surface area contributed by atoms with Crippen LogP contribution in [0.25, 0.3) is 6.08 Å². The molecule has 7 rings (SSSR count). The quantitative estimate of drug-likeness (QED) is 0.561. The van der Waals surface area contributed by atoms with Gasteiger partial charge in [0, 0.05) is 5.92 Å². The predicted molar refractivity (Wildman–Crippen MR) is 97.4 cm³/mol. The predicted octanol–water partition coefficient (Wildman–Crippen LogP) is 5.08. The van der Waals surface area contributed by atoms with Gasteiger partial charge in [0.2, 0.25) is 0 Å². The van der Waals surface area contributed by atoms with Gasteiger partial charge in [0.15, 0.2) is 0 Å². The fraction of sp³-hybridized carbons (Fsp3) is 0.167. The van der Waals surface area contributed by atoms with Crippen LogP contribution in [0.3, 0.4) is 0 Å². The molecule has 1 nitrogen and oxygen atoms in total. The van der Waals surface area contributed by atoms with E-state index in [4.69, 9.17) is 4.74 Å². The Kier molecular flexibility index (Phi) is 1.92. The Morgan fingerprint density at radius 2 is 1.36 bits per heavy atom. The topological polar surface area (TPSA) is 9.23 Å². The summed E-state index contributed by atoms with van der Waals surface area (Å²) in [6.45, 7) is 0. The minimum atomic E-state index is -0.376. The van der Waals surface area contributed by atoms with E-state index >= 15 is 0 Å². The number of hydrogen-bond acceptors (Lipinski definition) is 1. The maximum Gasteiger partial charge on any atom is 0.134 e. The molecule has 1 heteroatoms. The Balaban J connectivity index is 1.68. The molecule has 2 aliphatic heterocycles. The molecule has 0 radical (unpaired) electrons. The van der Waals surface area contributed by atoms with Crippen molar-refractivity contribution >= 4 is 6.08 Å². The van der Waals surface area contributed by atoms with Gasteiger partial charge < -0.3 is 4.74 Å². The lowest BCUT2D eigenvalue weighted by Gasteiger charge is -2.57. The molecule has 118 valence electrons. The normalized spacial score (nSPS) is 34.4. The zero-order chi connectivity index (χ0) is 16.2. The lowest BCUT2D eigenvalue weighted by atomic mass is 9.43. The standard InChI is InChI=1S/C24H16O/c1-4-10-18-15(7-1)13-14-23-19-11-5-2-8-16(19)21(23)22-17-9-3-6-12-20(17)24(18,23)25-22/h1-14,21-22H/t21-,22?,23-,24?/m1/s1. The van der Waals surface area contributed by atoms with Gasteiger partial charge in [-0.1, -0.05) is 84.9 Å². The summed E-state index contributed by atoms with van der Waals surface area (Å²) < 4.78 is 6.97. The summed E-state index contributed by atoms with van der Waals surface area (Å²) in [6, 6.07) is 26.5. The van der Waals surface area contributed by atoms with E-state index in [-0.39, 0.29) is 17.1 Å². The van der Waals surface area contributed by atoms with Crippen molar-refractivity contribution in [3.63, 3.8) is 0 Å². The summed E-state index contributed by atoms with van der Waals surface area (Å²) in [5.74, 6) is 0.420. The van der Waals surface area contributed by atoms with E-state index in [1.54, 1.807) is 0 Å². The largest absolute Gasteiger partial charge is 0.356 e. The van der Waals surface area contributed by atoms with Gasteiger partial charge in [-0.25, -0.2) is 0 Å². The van der Waals surface area contributed by atoms with E-state index < -0.39 is 0 Å². The van der Waals surface area contributed by atoms with Crippen molar-refractivity contribution in [1.82, 2.24) is 0 Å². The molecule has 0 N–H and O–H groups in total. The molecule has 4 aliphatic rings. The maximum atomic E-state index is 6.97. The smallest absolute Gasteiger partial charge is 0.134 e. The molecule has 1 fully saturated rings. The van der Waals surface area contributed by atoms with Crippen LogP contribution in [0, 0.1) is 0 Å². The first-order valence-corrected chi connectivity index (χ1v) is 9.03. The molecule has 2 bridgehead atoms. The number of fused-ring (bicyclic) bond motifs is 7. The van der Waals surface area contributed by atoms with Gasteiger partial charge in [-0.3, -0.25) is 0 Å². The fourth-order valence-electron chi connectivity index (χ4n) is 6.17. The second-order valence-corrected chi connectivity index (χ2v) is 7.66. The highest BCUT2D eigenvalue weighted by molar-refractivity contribution is 5.77. The molecular formula is C24H16O. The van der Waals surface area contributed by atoms with Crippen LogP contribution in [-0.4, -0.2) is 0 Å². The van der Waals surface area contributed by atoms with Crippen molar-refractivity contribution < 1.29 is 4.74 Å². The van der Waals surface area contributed by atoms with Crippen LogP contribution in [-0.2, 0) is 15.8 Å². The first kappa shape index (κ1) is 12.7. The third-order valence-electron chi connectivity index (χ3n) is 6.93. The van der Waals surface area contributed by atoms with Crippen LogP contribution in [0.15, 0.2) is 78.9 Å². The average Bonchev–Trinajstić information content (AvgIpc) is 3.13. The summed E-state index contributed by atoms with van der Waals surface area (Å²) in [5, 5.41) is 0. The van der Waals surface area contributed by atoms with E-state index in [0.717, 1.165) is 0 Å². The Bertz CT molecular complexity index is 1110. The second-order valence-electron chi connectivity index (χ2n) is 7.66. The van der Waals surface area contributed by atoms with E-state index in [1.807, 2.05) is 0 Å². The van der Waals surface area contributed by atoms with E-state index in [2.05, 4.69) is 84.9 Å². The molecule has 2 spiro atoms. The van der Waals surface area contributed by atoms with Crippen LogP contribution in [0.1, 0.15) is 45.4 Å². The Labute approximate surface area is 146 Å². The van der Waals surface area contributed by atoms with Crippen LogP contribution in [0.5, 0.6) is 0 Å². The summed E-state index contributed by atoms with van der Waals surface area (Å²) >= 11 is 0. The highest BCUT2D eigenvalue weighted by atomic mass is 16.5. The summed E-state index contributed by atoms with van der Waals surface area (Å²) in [5.41, 5.74) is 7.83. The van der Waals surface area contributed by atoms with Gasteiger partial charge in [0.05, 0.1) is 11.5 Å². The summed E-state index contributed by atoms with van der Waals surface area (Å²) in [4.78, 5) is 0. The van der Waals surface area contributed by atoms with Crippen molar-refractivity contribution in [3.8, 4) is 0 Å². The molecule has 2 aliphatic carbocycles. The Morgan fingerprint density at radius 3 is 2.24 bits per heavy atom. The van der Waals surface area contributed by atoms with Gasteiger partial charge in [-0.05, 0) is 33.4 Å². The Morgan fingerprint density at radius 1 is 0.680 bits per heavy atom. The minimum Gasteiger partial charge on any atom is -0.356 e. The monoisotopic (exact) mass is 320 g/mol. The summed E-state index contributed by atoms with van der Waals surface area (Å²) in [6.07, 6.45) is 4.91. The lowest BCUT2D eigenvalue weighted by molar-refractivity contribution is -0.00939. The first-order chi connectivity index (χ1) is 12.4. The SMILES string of the molecule is C1=C[C@@]23c4ccccc4[C@@H]2C2OC3(c3ccccc31)c1ccccc12. The third-order valence-corrected chi connectivity index (χ3v) is 6.93. The molecule has 1 saturated heterocycles. The molecule has 0 saturated carbocycles. The Hall–Kier alpha value is -2.64. The van der Waals surface area contributed by atoms with E-state index in [9.17, 15) is 0 Å². The van der Waals surface area contributed by atoms with Crippen molar-refractivity contribution in [2.45, 2.75) is 23.0 Å². The molecule has 3 aromatic rings. The molecule has 0 amide bonds. The summed E-state index contributed by atoms with van der Waals surface area (Å²) in [7, 11) is 0. The zero-order valence-electron chi connectivity index (χ0n) is 13.6. The maximum absolute atomic E-state index is 6.97. The van der Waals surface area contributed by atoms with Crippen molar-refractivity contribution in [2.24, 2.45) is 0 Å². The number of benzene rings is 3. The van der Waals surface area contributed by atoms with Gasteiger partial charge in [0.1, 0.15) is 5.60 Å². The van der Waals surface area contributed by atoms with Gasteiger partial charge in [-0.2, -0.15) is 0 Å². The molecule has 4 atom stereocenters. The molecule has 25 heavy (non-hydrogen) atoms. The van der Waals surface area contributed by atoms with Gasteiger partial charge in [0.25, 0.3) is 0 Å². The van der Waals surface area contributed by atoms with Crippen LogP contribution < -0.4 is 0 Å². The molecule has 2 heterocycles. The van der Waals surface area contributed by atoms with Crippen molar-refractivity contribution in [1.29, 1.82) is 0 Å². The van der Waals surface area contributed by atoms with Gasteiger partial charge in [-0.15, -0.1) is 0 Å². The zero-order valence-corrected chi connectivity index (χ0v) is 13.6. The third kappa shape index (κ3) is 1.07. The number of rotatable bonds is 0. The van der Waals surface area contributed by atoms with Crippen LogP contribution >= 0.6 is 0 Å². The molecule has 3 aromatic carbocycles. The van der Waals surface area contributed by atoms with E-state index in [1.165, 1.54) is 33.4 Å². The molecule has 2 unspecified atom stereocenters. The van der Waals surface area contributed by atoms with E-state index in [0.29, 0.717) is 5.92 Å². The number of hydrogen-bond donors (Lipinski definition) is 0. The van der Waals surface area contributed by atoms with Crippen LogP contribution in [0.4, 0.5) is 0 Å². The highest BCUT2D eigenvalue weighted by Crippen LogP contribution is 2.79. The van der Waals surface area contributed by atoms with Crippen molar-refractivity contribution in [2.75, 3.05) is 0 Å². The molecule has 0 aromatic heterocycles. The van der Waals surface area contributed by atoms with Gasteiger partial charge >= 0.3 is 0 Å². The minimum absolute atomic E-state index is 0.0586. The average molecular weight is 320 g/mol. The fourth-order valence-corrected chi connectivity index (χ4v) is 6.17. The van der Waals surface area contributed by atoms with Crippen LogP contribution in [0.2, 0.25) is 0 Å². The van der Waals surface area contributed by atoms with Crippen molar-refractivity contribution in [3.05, 3.63) is 112 Å². The lowest BCUT2D eigenvalue weighted by Crippen LogP contribution is -2.56. The highest BCUT2D eigenvalue weighted by Gasteiger charge is 2.77. The second kappa shape index (κ2) is 3.79. The molecular weight excluding hydrogens is 304 g/mol. The number of ether oxygens (including phenoxy) is 1. The first-order valence-electron chi connectivity index (χ1n) is 9.03.